The van der Waals surface area contributed by atoms with Gasteiger partial charge >= 0.3 is 6.09 Å². The van der Waals surface area contributed by atoms with Crippen molar-refractivity contribution in [2.45, 2.75) is 77.6 Å². The zero-order valence-corrected chi connectivity index (χ0v) is 23.9. The van der Waals surface area contributed by atoms with E-state index in [0.29, 0.717) is 18.6 Å². The van der Waals surface area contributed by atoms with Gasteiger partial charge < -0.3 is 31.4 Å². The van der Waals surface area contributed by atoms with Gasteiger partial charge in [0.2, 0.25) is 17.7 Å². The summed E-state index contributed by atoms with van der Waals surface area (Å²) in [6.07, 6.45) is 3.83. The maximum atomic E-state index is 13.5. The summed E-state index contributed by atoms with van der Waals surface area (Å²) in [7, 11) is 0. The number of carbonyl (C=O) groups excluding carboxylic acids is 4. The number of hydrogen-bond donors (Lipinski definition) is 5. The number of carbonyl (C=O) groups is 4. The highest BCUT2D eigenvalue weighted by Gasteiger charge is 2.31. The van der Waals surface area contributed by atoms with Crippen molar-refractivity contribution < 1.29 is 23.9 Å². The van der Waals surface area contributed by atoms with Crippen molar-refractivity contribution >= 4 is 46.5 Å². The van der Waals surface area contributed by atoms with Crippen LogP contribution in [-0.2, 0) is 25.5 Å². The molecular formula is C27H41N5O5S. The van der Waals surface area contributed by atoms with Crippen LogP contribution in [0.1, 0.15) is 53.0 Å². The lowest BCUT2D eigenvalue weighted by molar-refractivity contribution is -0.132. The standard InChI is InChI=1S/C27H41N5O5S/c1-16(2)13-21(24(34)30-20(23(28)33)11-12-38-6)31-25(35)22(32-26(36)37-27(3,4)5)14-17-15-29-19-10-8-7-9-18(17)19/h7-10,15-16,20-22,29H,11-14H2,1-6H3,(H2,28,33)(H,30,34)(H,31,35)(H,32,36)/t20-,21-,22-/m0/s1. The number of fused-ring (bicyclic) bond motifs is 1. The third-order valence-electron chi connectivity index (χ3n) is 5.72. The first kappa shape index (κ1) is 31.0. The van der Waals surface area contributed by atoms with Gasteiger partial charge in [0.25, 0.3) is 0 Å². The monoisotopic (exact) mass is 547 g/mol. The predicted octanol–water partition coefficient (Wildman–Crippen LogP) is 2.86. The van der Waals surface area contributed by atoms with E-state index >= 15 is 0 Å². The van der Waals surface area contributed by atoms with Gasteiger partial charge in [-0.15, -0.1) is 0 Å². The number of benzene rings is 1. The average molecular weight is 548 g/mol. The third kappa shape index (κ3) is 9.92. The molecule has 2 rings (SSSR count). The number of primary amides is 1. The number of amides is 4. The molecule has 0 aliphatic carbocycles. The van der Waals surface area contributed by atoms with Crippen molar-refractivity contribution in [2.24, 2.45) is 11.7 Å². The molecule has 210 valence electrons. The van der Waals surface area contributed by atoms with Gasteiger partial charge in [-0.3, -0.25) is 14.4 Å². The molecule has 3 atom stereocenters. The second-order valence-corrected chi connectivity index (χ2v) is 11.7. The number of H-pyrrole nitrogens is 1. The molecule has 4 amide bonds. The van der Waals surface area contributed by atoms with Gasteiger partial charge in [0.05, 0.1) is 0 Å². The van der Waals surface area contributed by atoms with Crippen LogP contribution in [0.2, 0.25) is 0 Å². The second kappa shape index (κ2) is 14.1. The maximum Gasteiger partial charge on any atom is 0.408 e. The van der Waals surface area contributed by atoms with Crippen LogP contribution in [0, 0.1) is 5.92 Å². The largest absolute Gasteiger partial charge is 0.444 e. The Balaban J connectivity index is 2.27. The number of thioether (sulfide) groups is 1. The van der Waals surface area contributed by atoms with Crippen LogP contribution in [0.25, 0.3) is 10.9 Å². The molecule has 6 N–H and O–H groups in total. The Kier molecular flexibility index (Phi) is 11.5. The lowest BCUT2D eigenvalue weighted by Gasteiger charge is -2.26. The van der Waals surface area contributed by atoms with Crippen molar-refractivity contribution in [3.05, 3.63) is 36.0 Å². The van der Waals surface area contributed by atoms with E-state index in [-0.39, 0.29) is 12.3 Å². The first-order chi connectivity index (χ1) is 17.8. The van der Waals surface area contributed by atoms with Crippen LogP contribution in [0.3, 0.4) is 0 Å². The Hall–Kier alpha value is -3.21. The Labute approximate surface area is 228 Å². The molecule has 0 fully saturated rings. The van der Waals surface area contributed by atoms with Gasteiger partial charge in [-0.1, -0.05) is 32.0 Å². The van der Waals surface area contributed by atoms with Crippen molar-refractivity contribution in [1.82, 2.24) is 20.9 Å². The van der Waals surface area contributed by atoms with E-state index in [0.717, 1.165) is 16.5 Å². The Morgan fingerprint density at radius 1 is 1.00 bits per heavy atom. The van der Waals surface area contributed by atoms with Crippen LogP contribution in [-0.4, -0.2) is 64.5 Å². The number of ether oxygens (including phenoxy) is 1. The molecule has 0 unspecified atom stereocenters. The lowest BCUT2D eigenvalue weighted by atomic mass is 10.0. The fourth-order valence-electron chi connectivity index (χ4n) is 3.95. The number of aromatic nitrogens is 1. The number of rotatable bonds is 13. The van der Waals surface area contributed by atoms with Gasteiger partial charge in [0.1, 0.15) is 23.7 Å². The van der Waals surface area contributed by atoms with E-state index in [4.69, 9.17) is 10.5 Å². The number of alkyl carbamates (subject to hydrolysis) is 1. The van der Waals surface area contributed by atoms with Crippen molar-refractivity contribution in [3.63, 3.8) is 0 Å². The van der Waals surface area contributed by atoms with Gasteiger partial charge in [0.15, 0.2) is 0 Å². The summed E-state index contributed by atoms with van der Waals surface area (Å²) in [6, 6.07) is 4.86. The number of nitrogens with one attached hydrogen (secondary N) is 4. The summed E-state index contributed by atoms with van der Waals surface area (Å²) in [5.41, 5.74) is 6.46. The number of aromatic amines is 1. The summed E-state index contributed by atoms with van der Waals surface area (Å²) in [5.74, 6) is -0.968. The van der Waals surface area contributed by atoms with Gasteiger partial charge in [-0.2, -0.15) is 11.8 Å². The highest BCUT2D eigenvalue weighted by Crippen LogP contribution is 2.20. The summed E-state index contributed by atoms with van der Waals surface area (Å²) in [5, 5.41) is 9.06. The molecule has 0 saturated carbocycles. The smallest absolute Gasteiger partial charge is 0.408 e. The highest BCUT2D eigenvalue weighted by atomic mass is 32.2. The molecule has 10 nitrogen and oxygen atoms in total. The number of nitrogens with two attached hydrogens (primary N) is 1. The lowest BCUT2D eigenvalue weighted by Crippen LogP contribution is -2.57. The van der Waals surface area contributed by atoms with Crippen LogP contribution >= 0.6 is 11.8 Å². The molecule has 1 heterocycles. The highest BCUT2D eigenvalue weighted by molar-refractivity contribution is 7.98. The molecule has 2 aromatic rings. The third-order valence-corrected chi connectivity index (χ3v) is 6.36. The average Bonchev–Trinajstić information content (AvgIpc) is 3.21. The quantitative estimate of drug-likeness (QED) is 0.260. The summed E-state index contributed by atoms with van der Waals surface area (Å²) < 4.78 is 5.39. The molecule has 0 radical (unpaired) electrons. The first-order valence-electron chi connectivity index (χ1n) is 12.7. The first-order valence-corrected chi connectivity index (χ1v) is 14.1. The van der Waals surface area contributed by atoms with E-state index in [1.54, 1.807) is 27.0 Å². The van der Waals surface area contributed by atoms with Crippen LogP contribution < -0.4 is 21.7 Å². The molecule has 11 heteroatoms. The van der Waals surface area contributed by atoms with E-state index in [9.17, 15) is 19.2 Å². The molecule has 1 aromatic heterocycles. The van der Waals surface area contributed by atoms with E-state index < -0.39 is 47.5 Å². The zero-order chi connectivity index (χ0) is 28.5. The topological polar surface area (TPSA) is 155 Å². The summed E-state index contributed by atoms with van der Waals surface area (Å²) in [4.78, 5) is 54.4. The van der Waals surface area contributed by atoms with E-state index in [2.05, 4.69) is 20.9 Å². The molecule has 0 aliphatic rings. The molecule has 0 aliphatic heterocycles. The Morgan fingerprint density at radius 2 is 1.63 bits per heavy atom. The van der Waals surface area contributed by atoms with Crippen LogP contribution in [0.15, 0.2) is 30.5 Å². The Morgan fingerprint density at radius 3 is 2.24 bits per heavy atom. The van der Waals surface area contributed by atoms with Gasteiger partial charge in [-0.25, -0.2) is 4.79 Å². The van der Waals surface area contributed by atoms with E-state index in [1.807, 2.05) is 44.4 Å². The van der Waals surface area contributed by atoms with Crippen molar-refractivity contribution in [1.29, 1.82) is 0 Å². The minimum absolute atomic E-state index is 0.0650. The van der Waals surface area contributed by atoms with Gasteiger partial charge in [-0.05, 0) is 63.2 Å². The van der Waals surface area contributed by atoms with Crippen LogP contribution in [0.4, 0.5) is 4.79 Å². The summed E-state index contributed by atoms with van der Waals surface area (Å²) >= 11 is 1.54. The normalized spacial score (nSPS) is 14.0. The fraction of sp³-hybridized carbons (Fsp3) is 0.556. The number of hydrogen-bond acceptors (Lipinski definition) is 6. The predicted molar refractivity (Wildman–Crippen MR) is 151 cm³/mol. The van der Waals surface area contributed by atoms with Crippen LogP contribution in [0.5, 0.6) is 0 Å². The molecule has 0 bridgehead atoms. The second-order valence-electron chi connectivity index (χ2n) is 10.7. The molecule has 38 heavy (non-hydrogen) atoms. The fourth-order valence-corrected chi connectivity index (χ4v) is 4.42. The summed E-state index contributed by atoms with van der Waals surface area (Å²) in [6.45, 7) is 9.05. The maximum absolute atomic E-state index is 13.5. The zero-order valence-electron chi connectivity index (χ0n) is 23.1. The Bertz CT molecular complexity index is 1110. The molecule has 0 spiro atoms. The van der Waals surface area contributed by atoms with Crippen molar-refractivity contribution in [2.75, 3.05) is 12.0 Å². The molecule has 0 saturated heterocycles. The minimum Gasteiger partial charge on any atom is -0.444 e. The molecule has 1 aromatic carbocycles. The van der Waals surface area contributed by atoms with Gasteiger partial charge in [0, 0.05) is 23.5 Å². The van der Waals surface area contributed by atoms with Crippen molar-refractivity contribution in [3.8, 4) is 0 Å². The number of para-hydroxylation sites is 1. The molecular weight excluding hydrogens is 506 g/mol. The minimum atomic E-state index is -1.02. The van der Waals surface area contributed by atoms with E-state index in [1.165, 1.54) is 11.8 Å². The SMILES string of the molecule is CSCC[C@H](NC(=O)[C@H](CC(C)C)NC(=O)[C@H](Cc1c[nH]c2ccccc12)NC(=O)OC(C)(C)C)C(N)=O.